The summed E-state index contributed by atoms with van der Waals surface area (Å²) >= 11 is 0. The first-order valence-electron chi connectivity index (χ1n) is 6.96. The minimum atomic E-state index is 0.292. The lowest BCUT2D eigenvalue weighted by molar-refractivity contribution is 0.353. The standard InChI is InChI=1S/C15H20N4/c1-11(16)12-6-8-19(9-7-12)15-14-5-3-2-4-13(14)10-17-18-15/h2-5,10-12H,6-9,16H2,1H3. The van der Waals surface area contributed by atoms with E-state index in [1.54, 1.807) is 0 Å². The van der Waals surface area contributed by atoms with Crippen LogP contribution in [-0.4, -0.2) is 29.3 Å². The van der Waals surface area contributed by atoms with Crippen molar-refractivity contribution in [1.29, 1.82) is 0 Å². The average Bonchev–Trinajstić information content (AvgIpc) is 2.47. The van der Waals surface area contributed by atoms with Crippen molar-refractivity contribution in [2.75, 3.05) is 18.0 Å². The van der Waals surface area contributed by atoms with Crippen LogP contribution in [0.3, 0.4) is 0 Å². The van der Waals surface area contributed by atoms with Gasteiger partial charge in [-0.05, 0) is 25.7 Å². The van der Waals surface area contributed by atoms with Gasteiger partial charge in [0.15, 0.2) is 5.82 Å². The molecule has 1 atom stereocenters. The third-order valence-corrected chi connectivity index (χ3v) is 4.13. The summed E-state index contributed by atoms with van der Waals surface area (Å²) in [6, 6.07) is 8.60. The van der Waals surface area contributed by atoms with Crippen LogP contribution in [-0.2, 0) is 0 Å². The first kappa shape index (κ1) is 12.4. The molecule has 2 aromatic rings. The number of hydrogen-bond donors (Lipinski definition) is 1. The van der Waals surface area contributed by atoms with Crippen molar-refractivity contribution in [3.63, 3.8) is 0 Å². The van der Waals surface area contributed by atoms with Crippen molar-refractivity contribution < 1.29 is 0 Å². The van der Waals surface area contributed by atoms with Crippen LogP contribution in [0.2, 0.25) is 0 Å². The van der Waals surface area contributed by atoms with Crippen LogP contribution in [0.15, 0.2) is 30.5 Å². The quantitative estimate of drug-likeness (QED) is 0.895. The van der Waals surface area contributed by atoms with Crippen molar-refractivity contribution in [3.8, 4) is 0 Å². The minimum Gasteiger partial charge on any atom is -0.355 e. The van der Waals surface area contributed by atoms with Crippen LogP contribution in [0.1, 0.15) is 19.8 Å². The van der Waals surface area contributed by atoms with E-state index in [9.17, 15) is 0 Å². The molecule has 0 spiro atoms. The number of fused-ring (bicyclic) bond motifs is 1. The Labute approximate surface area is 113 Å². The van der Waals surface area contributed by atoms with Crippen LogP contribution in [0, 0.1) is 5.92 Å². The molecule has 1 aromatic carbocycles. The summed E-state index contributed by atoms with van der Waals surface area (Å²) in [6.45, 7) is 4.15. The number of nitrogens with two attached hydrogens (primary N) is 1. The molecule has 3 rings (SSSR count). The number of rotatable bonds is 2. The number of aromatic nitrogens is 2. The van der Waals surface area contributed by atoms with E-state index in [1.807, 2.05) is 12.3 Å². The summed E-state index contributed by atoms with van der Waals surface area (Å²) < 4.78 is 0. The SMILES string of the molecule is CC(N)C1CCN(c2nncc3ccccc23)CC1. The fourth-order valence-electron chi connectivity index (χ4n) is 2.88. The summed E-state index contributed by atoms with van der Waals surface area (Å²) in [7, 11) is 0. The topological polar surface area (TPSA) is 55.0 Å². The fourth-order valence-corrected chi connectivity index (χ4v) is 2.88. The smallest absolute Gasteiger partial charge is 0.159 e. The molecule has 19 heavy (non-hydrogen) atoms. The highest BCUT2D eigenvalue weighted by atomic mass is 15.3. The van der Waals surface area contributed by atoms with Gasteiger partial charge in [-0.3, -0.25) is 0 Å². The molecule has 1 aromatic heterocycles. The lowest BCUT2D eigenvalue weighted by atomic mass is 9.91. The molecule has 1 fully saturated rings. The highest BCUT2D eigenvalue weighted by Gasteiger charge is 2.23. The third kappa shape index (κ3) is 2.40. The Bertz CT molecular complexity index is 554. The van der Waals surface area contributed by atoms with Gasteiger partial charge in [-0.25, -0.2) is 0 Å². The van der Waals surface area contributed by atoms with E-state index < -0.39 is 0 Å². The summed E-state index contributed by atoms with van der Waals surface area (Å²) in [5.74, 6) is 1.65. The van der Waals surface area contributed by atoms with Gasteiger partial charge in [-0.15, -0.1) is 5.10 Å². The normalized spacial score (nSPS) is 18.7. The second-order valence-electron chi connectivity index (χ2n) is 5.44. The van der Waals surface area contributed by atoms with Crippen molar-refractivity contribution in [1.82, 2.24) is 10.2 Å². The molecule has 100 valence electrons. The van der Waals surface area contributed by atoms with Crippen LogP contribution in [0.25, 0.3) is 10.8 Å². The molecule has 1 unspecified atom stereocenters. The van der Waals surface area contributed by atoms with E-state index in [0.29, 0.717) is 12.0 Å². The Morgan fingerprint density at radius 3 is 2.74 bits per heavy atom. The van der Waals surface area contributed by atoms with Gasteiger partial charge >= 0.3 is 0 Å². The van der Waals surface area contributed by atoms with Gasteiger partial charge in [0.1, 0.15) is 0 Å². The summed E-state index contributed by atoms with van der Waals surface area (Å²) in [5, 5.41) is 10.8. The number of anilines is 1. The molecular formula is C15H20N4. The minimum absolute atomic E-state index is 0.292. The maximum atomic E-state index is 6.00. The van der Waals surface area contributed by atoms with Gasteiger partial charge < -0.3 is 10.6 Å². The Morgan fingerprint density at radius 2 is 2.00 bits per heavy atom. The number of nitrogens with zero attached hydrogens (tertiary/aromatic N) is 3. The van der Waals surface area contributed by atoms with Gasteiger partial charge in [0.2, 0.25) is 0 Å². The monoisotopic (exact) mass is 256 g/mol. The van der Waals surface area contributed by atoms with E-state index in [0.717, 1.165) is 37.1 Å². The molecule has 0 amide bonds. The zero-order valence-corrected chi connectivity index (χ0v) is 11.3. The van der Waals surface area contributed by atoms with Gasteiger partial charge in [0.25, 0.3) is 0 Å². The predicted molar refractivity (Wildman–Crippen MR) is 78.1 cm³/mol. The van der Waals surface area contributed by atoms with Crippen molar-refractivity contribution >= 4 is 16.6 Å². The number of benzene rings is 1. The Hall–Kier alpha value is -1.68. The maximum absolute atomic E-state index is 6.00. The molecule has 0 radical (unpaired) electrons. The zero-order valence-electron chi connectivity index (χ0n) is 11.3. The highest BCUT2D eigenvalue weighted by Crippen LogP contribution is 2.28. The van der Waals surface area contributed by atoms with Crippen LogP contribution in [0.4, 0.5) is 5.82 Å². The molecule has 1 aliphatic rings. The Kier molecular flexibility index (Phi) is 3.34. The van der Waals surface area contributed by atoms with E-state index >= 15 is 0 Å². The van der Waals surface area contributed by atoms with Crippen LogP contribution < -0.4 is 10.6 Å². The first-order valence-corrected chi connectivity index (χ1v) is 6.96. The second kappa shape index (κ2) is 5.13. The van der Waals surface area contributed by atoms with E-state index in [4.69, 9.17) is 5.73 Å². The van der Waals surface area contributed by atoms with Gasteiger partial charge in [0.05, 0.1) is 6.20 Å². The molecule has 1 saturated heterocycles. The number of piperidine rings is 1. The Balaban J connectivity index is 1.86. The lowest BCUT2D eigenvalue weighted by Gasteiger charge is -2.34. The Morgan fingerprint density at radius 1 is 1.26 bits per heavy atom. The molecular weight excluding hydrogens is 236 g/mol. The van der Waals surface area contributed by atoms with Gasteiger partial charge in [-0.1, -0.05) is 24.3 Å². The lowest BCUT2D eigenvalue weighted by Crippen LogP contribution is -2.40. The van der Waals surface area contributed by atoms with Gasteiger partial charge in [0, 0.05) is 29.9 Å². The fraction of sp³-hybridized carbons (Fsp3) is 0.467. The predicted octanol–water partition coefficient (Wildman–Crippen LogP) is 2.19. The van der Waals surface area contributed by atoms with Crippen LogP contribution in [0.5, 0.6) is 0 Å². The summed E-state index contributed by atoms with van der Waals surface area (Å²) in [4.78, 5) is 2.34. The number of hydrogen-bond acceptors (Lipinski definition) is 4. The average molecular weight is 256 g/mol. The molecule has 4 heteroatoms. The van der Waals surface area contributed by atoms with Crippen molar-refractivity contribution in [3.05, 3.63) is 30.5 Å². The zero-order chi connectivity index (χ0) is 13.2. The summed E-state index contributed by atoms with van der Waals surface area (Å²) in [6.07, 6.45) is 4.11. The second-order valence-corrected chi connectivity index (χ2v) is 5.44. The third-order valence-electron chi connectivity index (χ3n) is 4.13. The van der Waals surface area contributed by atoms with Crippen molar-refractivity contribution in [2.45, 2.75) is 25.8 Å². The summed E-state index contributed by atoms with van der Waals surface area (Å²) in [5.41, 5.74) is 6.00. The molecule has 2 N–H and O–H groups in total. The molecule has 1 aliphatic heterocycles. The molecule has 0 saturated carbocycles. The molecule has 2 heterocycles. The molecule has 4 nitrogen and oxygen atoms in total. The van der Waals surface area contributed by atoms with Crippen molar-refractivity contribution in [2.24, 2.45) is 11.7 Å². The maximum Gasteiger partial charge on any atom is 0.159 e. The highest BCUT2D eigenvalue weighted by molar-refractivity contribution is 5.91. The molecule has 0 bridgehead atoms. The first-order chi connectivity index (χ1) is 9.25. The van der Waals surface area contributed by atoms with E-state index in [2.05, 4.69) is 40.2 Å². The van der Waals surface area contributed by atoms with Crippen LogP contribution >= 0.6 is 0 Å². The van der Waals surface area contributed by atoms with Gasteiger partial charge in [-0.2, -0.15) is 5.10 Å². The molecule has 0 aliphatic carbocycles. The van der Waals surface area contributed by atoms with E-state index in [1.165, 1.54) is 5.39 Å². The van der Waals surface area contributed by atoms with E-state index in [-0.39, 0.29) is 0 Å². The largest absolute Gasteiger partial charge is 0.355 e.